The molecule has 1 aromatic carbocycles. The number of carboxylic acids is 1. The fourth-order valence-electron chi connectivity index (χ4n) is 2.52. The van der Waals surface area contributed by atoms with Gasteiger partial charge in [-0.2, -0.15) is 4.31 Å². The number of hydrogen-bond acceptors (Lipinski definition) is 3. The largest absolute Gasteiger partial charge is 0.481 e. The van der Waals surface area contributed by atoms with E-state index in [1.165, 1.54) is 4.31 Å². The summed E-state index contributed by atoms with van der Waals surface area (Å²) in [5.41, 5.74) is 1.01. The second-order valence-electron chi connectivity index (χ2n) is 5.28. The van der Waals surface area contributed by atoms with Crippen LogP contribution < -0.4 is 0 Å². The second kappa shape index (κ2) is 5.93. The summed E-state index contributed by atoms with van der Waals surface area (Å²) in [6.07, 6.45) is 1.51. The van der Waals surface area contributed by atoms with E-state index in [9.17, 15) is 13.2 Å². The lowest BCUT2D eigenvalue weighted by atomic mass is 9.96. The average molecular weight is 297 g/mol. The van der Waals surface area contributed by atoms with E-state index in [1.54, 1.807) is 24.3 Å². The highest BCUT2D eigenvalue weighted by Gasteiger charge is 2.30. The van der Waals surface area contributed by atoms with E-state index in [2.05, 4.69) is 0 Å². The Morgan fingerprint density at radius 3 is 2.60 bits per heavy atom. The predicted octanol–water partition coefficient (Wildman–Crippen LogP) is 1.87. The summed E-state index contributed by atoms with van der Waals surface area (Å²) < 4.78 is 26.4. The molecule has 0 amide bonds. The zero-order chi connectivity index (χ0) is 14.8. The zero-order valence-electron chi connectivity index (χ0n) is 11.4. The van der Waals surface area contributed by atoms with Crippen LogP contribution in [0, 0.1) is 12.8 Å². The lowest BCUT2D eigenvalue weighted by Crippen LogP contribution is -2.40. The summed E-state index contributed by atoms with van der Waals surface area (Å²) in [6, 6.07) is 6.74. The van der Waals surface area contributed by atoms with Crippen molar-refractivity contribution in [3.05, 3.63) is 29.8 Å². The summed E-state index contributed by atoms with van der Waals surface area (Å²) in [5, 5.41) is 8.83. The summed E-state index contributed by atoms with van der Waals surface area (Å²) in [5.74, 6) is -0.967. The number of aliphatic carboxylic acids is 1. The van der Waals surface area contributed by atoms with Crippen molar-refractivity contribution in [1.29, 1.82) is 0 Å². The van der Waals surface area contributed by atoms with Gasteiger partial charge in [0.15, 0.2) is 0 Å². The van der Waals surface area contributed by atoms with E-state index < -0.39 is 16.0 Å². The van der Waals surface area contributed by atoms with E-state index in [4.69, 9.17) is 5.11 Å². The average Bonchev–Trinajstić information content (AvgIpc) is 2.39. The van der Waals surface area contributed by atoms with Gasteiger partial charge in [0.2, 0.25) is 10.0 Å². The fourth-order valence-corrected chi connectivity index (χ4v) is 4.07. The van der Waals surface area contributed by atoms with Gasteiger partial charge in [0.05, 0.1) is 4.90 Å². The van der Waals surface area contributed by atoms with E-state index in [0.29, 0.717) is 19.5 Å². The smallest absolute Gasteiger partial charge is 0.303 e. The first-order valence-electron chi connectivity index (χ1n) is 6.68. The van der Waals surface area contributed by atoms with Crippen molar-refractivity contribution < 1.29 is 18.3 Å². The molecule has 1 aromatic rings. The molecular weight excluding hydrogens is 278 g/mol. The molecular formula is C14H19NO4S. The lowest BCUT2D eigenvalue weighted by Gasteiger charge is -2.31. The van der Waals surface area contributed by atoms with E-state index in [1.807, 2.05) is 6.92 Å². The Bertz CT molecular complexity index is 580. The quantitative estimate of drug-likeness (QED) is 0.920. The Balaban J connectivity index is 2.16. The van der Waals surface area contributed by atoms with Crippen molar-refractivity contribution in [2.45, 2.75) is 31.1 Å². The maximum absolute atomic E-state index is 12.5. The van der Waals surface area contributed by atoms with Gasteiger partial charge in [-0.05, 0) is 37.8 Å². The molecule has 1 aliphatic heterocycles. The van der Waals surface area contributed by atoms with Gasteiger partial charge in [0, 0.05) is 19.5 Å². The predicted molar refractivity (Wildman–Crippen MR) is 74.9 cm³/mol. The number of benzene rings is 1. The third-order valence-electron chi connectivity index (χ3n) is 3.60. The number of carboxylic acid groups (broad SMARTS) is 1. The minimum absolute atomic E-state index is 0.0277. The normalized spacial score (nSPS) is 20.8. The van der Waals surface area contributed by atoms with Crippen LogP contribution in [0.4, 0.5) is 0 Å². The van der Waals surface area contributed by atoms with Crippen LogP contribution in [0.15, 0.2) is 29.2 Å². The number of nitrogens with zero attached hydrogens (tertiary/aromatic N) is 1. The molecule has 20 heavy (non-hydrogen) atoms. The van der Waals surface area contributed by atoms with Crippen LogP contribution in [0.2, 0.25) is 0 Å². The SMILES string of the molecule is Cc1ccc(S(=O)(=O)N2CCCC(CC(=O)O)C2)cc1. The topological polar surface area (TPSA) is 74.7 Å². The van der Waals surface area contributed by atoms with Crippen LogP contribution in [0.5, 0.6) is 0 Å². The molecule has 110 valence electrons. The number of aryl methyl sites for hydroxylation is 1. The molecule has 2 rings (SSSR count). The maximum atomic E-state index is 12.5. The van der Waals surface area contributed by atoms with E-state index in [0.717, 1.165) is 12.0 Å². The molecule has 0 radical (unpaired) electrons. The Labute approximate surface area is 119 Å². The lowest BCUT2D eigenvalue weighted by molar-refractivity contribution is -0.138. The zero-order valence-corrected chi connectivity index (χ0v) is 12.3. The van der Waals surface area contributed by atoms with Crippen LogP contribution in [-0.2, 0) is 14.8 Å². The molecule has 6 heteroatoms. The molecule has 5 nitrogen and oxygen atoms in total. The van der Waals surface area contributed by atoms with Crippen LogP contribution >= 0.6 is 0 Å². The Morgan fingerprint density at radius 2 is 2.00 bits per heavy atom. The van der Waals surface area contributed by atoms with Crippen LogP contribution in [0.3, 0.4) is 0 Å². The van der Waals surface area contributed by atoms with Crippen molar-refractivity contribution in [2.24, 2.45) is 5.92 Å². The highest BCUT2D eigenvalue weighted by Crippen LogP contribution is 2.25. The molecule has 1 fully saturated rings. The Kier molecular flexibility index (Phi) is 4.45. The van der Waals surface area contributed by atoms with Gasteiger partial charge in [-0.1, -0.05) is 17.7 Å². The minimum Gasteiger partial charge on any atom is -0.481 e. The molecule has 0 saturated carbocycles. The van der Waals surface area contributed by atoms with Gasteiger partial charge >= 0.3 is 5.97 Å². The fraction of sp³-hybridized carbons (Fsp3) is 0.500. The van der Waals surface area contributed by atoms with Crippen molar-refractivity contribution in [2.75, 3.05) is 13.1 Å². The third-order valence-corrected chi connectivity index (χ3v) is 5.48. The highest BCUT2D eigenvalue weighted by molar-refractivity contribution is 7.89. The van der Waals surface area contributed by atoms with Crippen LogP contribution in [0.1, 0.15) is 24.8 Å². The molecule has 1 unspecified atom stereocenters. The number of sulfonamides is 1. The van der Waals surface area contributed by atoms with Crippen molar-refractivity contribution in [3.8, 4) is 0 Å². The van der Waals surface area contributed by atoms with Crippen molar-refractivity contribution in [3.63, 3.8) is 0 Å². The first kappa shape index (κ1) is 15.0. The summed E-state index contributed by atoms with van der Waals surface area (Å²) in [6.45, 7) is 2.66. The maximum Gasteiger partial charge on any atom is 0.303 e. The van der Waals surface area contributed by atoms with Crippen LogP contribution in [-0.4, -0.2) is 36.9 Å². The van der Waals surface area contributed by atoms with Gasteiger partial charge in [0.25, 0.3) is 0 Å². The van der Waals surface area contributed by atoms with Crippen molar-refractivity contribution >= 4 is 16.0 Å². The summed E-state index contributed by atoms with van der Waals surface area (Å²) in [4.78, 5) is 11.0. The standard InChI is InChI=1S/C14H19NO4S/c1-11-4-6-13(7-5-11)20(18,19)15-8-2-3-12(10-15)9-14(16)17/h4-7,12H,2-3,8-10H2,1H3,(H,16,17). The number of piperidine rings is 1. The number of rotatable bonds is 4. The number of carbonyl (C=O) groups is 1. The molecule has 0 spiro atoms. The van der Waals surface area contributed by atoms with E-state index in [-0.39, 0.29) is 17.2 Å². The molecule has 1 heterocycles. The first-order valence-corrected chi connectivity index (χ1v) is 8.12. The van der Waals surface area contributed by atoms with Crippen LogP contribution in [0.25, 0.3) is 0 Å². The van der Waals surface area contributed by atoms with Gasteiger partial charge in [-0.15, -0.1) is 0 Å². The minimum atomic E-state index is -3.51. The molecule has 1 aliphatic rings. The van der Waals surface area contributed by atoms with Gasteiger partial charge in [0.1, 0.15) is 0 Å². The van der Waals surface area contributed by atoms with E-state index >= 15 is 0 Å². The van der Waals surface area contributed by atoms with Gasteiger partial charge < -0.3 is 5.11 Å². The monoisotopic (exact) mass is 297 g/mol. The molecule has 0 aromatic heterocycles. The molecule has 1 saturated heterocycles. The molecule has 1 N–H and O–H groups in total. The Hall–Kier alpha value is -1.40. The van der Waals surface area contributed by atoms with Gasteiger partial charge in [-0.3, -0.25) is 4.79 Å². The van der Waals surface area contributed by atoms with Gasteiger partial charge in [-0.25, -0.2) is 8.42 Å². The molecule has 0 bridgehead atoms. The second-order valence-corrected chi connectivity index (χ2v) is 7.22. The third kappa shape index (κ3) is 3.37. The highest BCUT2D eigenvalue weighted by atomic mass is 32.2. The summed E-state index contributed by atoms with van der Waals surface area (Å²) >= 11 is 0. The van der Waals surface area contributed by atoms with Crippen molar-refractivity contribution in [1.82, 2.24) is 4.31 Å². The summed E-state index contributed by atoms with van der Waals surface area (Å²) in [7, 11) is -3.51. The number of hydrogen-bond donors (Lipinski definition) is 1. The molecule has 1 atom stereocenters. The molecule has 0 aliphatic carbocycles. The first-order chi connectivity index (χ1) is 9.39. The Morgan fingerprint density at radius 1 is 1.35 bits per heavy atom.